The van der Waals surface area contributed by atoms with Gasteiger partial charge in [0.1, 0.15) is 0 Å². The van der Waals surface area contributed by atoms with E-state index in [9.17, 15) is 9.90 Å². The van der Waals surface area contributed by atoms with Crippen molar-refractivity contribution in [3.63, 3.8) is 0 Å². The third-order valence-corrected chi connectivity index (χ3v) is 6.37. The number of hydrogen-bond donors (Lipinski definition) is 1. The molecule has 0 aromatic rings. The first kappa shape index (κ1) is 27.4. The van der Waals surface area contributed by atoms with Gasteiger partial charge in [0.2, 0.25) is 5.91 Å². The van der Waals surface area contributed by atoms with Crippen molar-refractivity contribution < 1.29 is 9.90 Å². The number of aliphatic hydroxyl groups excluding tert-OH is 1. The molecule has 2 atom stereocenters. The van der Waals surface area contributed by atoms with Gasteiger partial charge in [0.05, 0.1) is 18.2 Å². The van der Waals surface area contributed by atoms with Crippen molar-refractivity contribution >= 4 is 5.91 Å². The molecular formula is C28H47NO2. The van der Waals surface area contributed by atoms with E-state index in [1.54, 1.807) is 0 Å². The third-order valence-electron chi connectivity index (χ3n) is 6.37. The SMILES string of the molecule is CC(C)=CCC/C(C)=C/CCCC(=O)N1[C@H](CO)[C@@]1(C)CC/C=C(\C)CCC=C(C)C. The Hall–Kier alpha value is -1.61. The van der Waals surface area contributed by atoms with Crippen LogP contribution in [-0.2, 0) is 4.79 Å². The first-order chi connectivity index (χ1) is 14.6. The quantitative estimate of drug-likeness (QED) is 0.179. The fourth-order valence-electron chi connectivity index (χ4n) is 4.24. The van der Waals surface area contributed by atoms with Crippen LogP contribution in [0.1, 0.15) is 106 Å². The van der Waals surface area contributed by atoms with Crippen LogP contribution >= 0.6 is 0 Å². The van der Waals surface area contributed by atoms with E-state index in [1.165, 1.54) is 22.3 Å². The molecule has 1 aliphatic rings. The second-order valence-electron chi connectivity index (χ2n) is 9.99. The molecule has 0 radical (unpaired) electrons. The second-order valence-corrected chi connectivity index (χ2v) is 9.99. The minimum atomic E-state index is -0.182. The summed E-state index contributed by atoms with van der Waals surface area (Å²) in [4.78, 5) is 14.7. The zero-order valence-electron chi connectivity index (χ0n) is 21.3. The summed E-state index contributed by atoms with van der Waals surface area (Å²) in [6, 6.07) is -0.0132. The number of unbranched alkanes of at least 4 members (excludes halogenated alkanes) is 1. The number of amides is 1. The second kappa shape index (κ2) is 13.7. The molecule has 0 aromatic heterocycles. The number of allylic oxidation sites excluding steroid dienone is 8. The van der Waals surface area contributed by atoms with Crippen molar-refractivity contribution in [3.8, 4) is 0 Å². The number of nitrogens with zero attached hydrogens (tertiary/aromatic N) is 1. The normalized spacial score (nSPS) is 21.2. The van der Waals surface area contributed by atoms with Crippen molar-refractivity contribution in [1.29, 1.82) is 0 Å². The lowest BCUT2D eigenvalue weighted by molar-refractivity contribution is -0.127. The summed E-state index contributed by atoms with van der Waals surface area (Å²) >= 11 is 0. The molecule has 1 N–H and O–H groups in total. The van der Waals surface area contributed by atoms with E-state index in [0.29, 0.717) is 6.42 Å². The Morgan fingerprint density at radius 3 is 1.81 bits per heavy atom. The summed E-state index contributed by atoms with van der Waals surface area (Å²) in [5.41, 5.74) is 5.37. The molecule has 3 nitrogen and oxygen atoms in total. The minimum absolute atomic E-state index is 0.0132. The topological polar surface area (TPSA) is 40.3 Å². The Morgan fingerprint density at radius 1 is 0.806 bits per heavy atom. The van der Waals surface area contributed by atoms with Crippen LogP contribution in [0.3, 0.4) is 0 Å². The monoisotopic (exact) mass is 429 g/mol. The summed E-state index contributed by atoms with van der Waals surface area (Å²) in [6.07, 6.45) is 17.8. The van der Waals surface area contributed by atoms with Gasteiger partial charge in [0, 0.05) is 6.42 Å². The lowest BCUT2D eigenvalue weighted by Gasteiger charge is -2.11. The first-order valence-corrected chi connectivity index (χ1v) is 12.1. The molecule has 31 heavy (non-hydrogen) atoms. The van der Waals surface area contributed by atoms with Crippen molar-refractivity contribution in [2.45, 2.75) is 118 Å². The summed E-state index contributed by atoms with van der Waals surface area (Å²) in [7, 11) is 0. The van der Waals surface area contributed by atoms with Crippen molar-refractivity contribution in [3.05, 3.63) is 46.6 Å². The highest BCUT2D eigenvalue weighted by Crippen LogP contribution is 2.45. The van der Waals surface area contributed by atoms with Crippen LogP contribution < -0.4 is 0 Å². The zero-order valence-corrected chi connectivity index (χ0v) is 21.3. The summed E-state index contributed by atoms with van der Waals surface area (Å²) in [6.45, 7) is 15.1. The summed E-state index contributed by atoms with van der Waals surface area (Å²) in [5, 5.41) is 9.77. The molecule has 0 bridgehead atoms. The van der Waals surface area contributed by atoms with E-state index in [1.807, 2.05) is 4.90 Å². The van der Waals surface area contributed by atoms with Gasteiger partial charge in [0.15, 0.2) is 0 Å². The predicted molar refractivity (Wildman–Crippen MR) is 134 cm³/mol. The average Bonchev–Trinajstić information content (AvgIpc) is 3.28. The molecular weight excluding hydrogens is 382 g/mol. The molecule has 1 saturated heterocycles. The fraction of sp³-hybridized carbons (Fsp3) is 0.679. The molecule has 1 heterocycles. The van der Waals surface area contributed by atoms with Crippen molar-refractivity contribution in [2.24, 2.45) is 0 Å². The molecule has 0 spiro atoms. The molecule has 1 aliphatic heterocycles. The molecule has 1 rings (SSSR count). The van der Waals surface area contributed by atoms with Crippen molar-refractivity contribution in [1.82, 2.24) is 4.90 Å². The first-order valence-electron chi connectivity index (χ1n) is 12.1. The van der Waals surface area contributed by atoms with Gasteiger partial charge < -0.3 is 10.0 Å². The number of carbonyl (C=O) groups excluding carboxylic acids is 1. The molecule has 0 saturated carbocycles. The molecule has 0 aliphatic carbocycles. The molecule has 3 heteroatoms. The van der Waals surface area contributed by atoms with Crippen LogP contribution in [0, 0.1) is 0 Å². The zero-order chi connectivity index (χ0) is 23.4. The lowest BCUT2D eigenvalue weighted by atomic mass is 9.99. The summed E-state index contributed by atoms with van der Waals surface area (Å²) < 4.78 is 0. The van der Waals surface area contributed by atoms with Crippen molar-refractivity contribution in [2.75, 3.05) is 6.61 Å². The maximum atomic E-state index is 12.7. The van der Waals surface area contributed by atoms with Crippen LogP contribution in [0.4, 0.5) is 0 Å². The van der Waals surface area contributed by atoms with Gasteiger partial charge >= 0.3 is 0 Å². The molecule has 1 fully saturated rings. The predicted octanol–water partition coefficient (Wildman–Crippen LogP) is 7.28. The van der Waals surface area contributed by atoms with E-state index >= 15 is 0 Å². The highest BCUT2D eigenvalue weighted by molar-refractivity contribution is 5.81. The van der Waals surface area contributed by atoms with Gasteiger partial charge in [-0.3, -0.25) is 4.79 Å². The Bertz CT molecular complexity index is 690. The molecule has 0 aromatic carbocycles. The number of hydrogen-bond acceptors (Lipinski definition) is 2. The number of aliphatic hydroxyl groups is 1. The van der Waals surface area contributed by atoms with Crippen LogP contribution in [0.2, 0.25) is 0 Å². The van der Waals surface area contributed by atoms with Crippen LogP contribution in [0.5, 0.6) is 0 Å². The third kappa shape index (κ3) is 10.0. The molecule has 1 amide bonds. The van der Waals surface area contributed by atoms with Crippen LogP contribution in [0.25, 0.3) is 0 Å². The highest BCUT2D eigenvalue weighted by Gasteiger charge is 2.60. The average molecular weight is 430 g/mol. The highest BCUT2D eigenvalue weighted by atomic mass is 16.3. The van der Waals surface area contributed by atoms with Gasteiger partial charge in [-0.15, -0.1) is 0 Å². The smallest absolute Gasteiger partial charge is 0.223 e. The van der Waals surface area contributed by atoms with E-state index < -0.39 is 0 Å². The van der Waals surface area contributed by atoms with Gasteiger partial charge in [-0.2, -0.15) is 0 Å². The maximum absolute atomic E-state index is 12.7. The Kier molecular flexibility index (Phi) is 12.1. The standard InChI is InChI=1S/C28H47NO2/c1-22(2)13-10-16-24(5)15-8-9-19-27(31)29-26(21-30)28(29,7)20-12-18-25(6)17-11-14-23(3)4/h13-15,18,26,30H,8-12,16-17,19-21H2,1-7H3/b24-15+,25-18+/t26-,28-,29?/m1/s1. The van der Waals surface area contributed by atoms with Gasteiger partial charge in [-0.1, -0.05) is 46.6 Å². The van der Waals surface area contributed by atoms with E-state index in [-0.39, 0.29) is 24.1 Å². The minimum Gasteiger partial charge on any atom is -0.394 e. The van der Waals surface area contributed by atoms with Crippen LogP contribution in [-0.4, -0.2) is 34.1 Å². The van der Waals surface area contributed by atoms with Gasteiger partial charge in [-0.05, 0) is 99.8 Å². The Balaban J connectivity index is 2.41. The lowest BCUT2D eigenvalue weighted by Crippen LogP contribution is -2.20. The number of rotatable bonds is 14. The Labute approximate surface area is 192 Å². The fourth-order valence-corrected chi connectivity index (χ4v) is 4.24. The van der Waals surface area contributed by atoms with Gasteiger partial charge in [0.25, 0.3) is 0 Å². The van der Waals surface area contributed by atoms with E-state index in [4.69, 9.17) is 0 Å². The van der Waals surface area contributed by atoms with Gasteiger partial charge in [-0.25, -0.2) is 0 Å². The Morgan fingerprint density at radius 2 is 1.32 bits per heavy atom. The molecule has 176 valence electrons. The maximum Gasteiger partial charge on any atom is 0.223 e. The summed E-state index contributed by atoms with van der Waals surface area (Å²) in [5.74, 6) is 0.196. The number of carbonyl (C=O) groups is 1. The van der Waals surface area contributed by atoms with Crippen LogP contribution in [0.15, 0.2) is 46.6 Å². The van der Waals surface area contributed by atoms with E-state index in [0.717, 1.165) is 51.4 Å². The largest absolute Gasteiger partial charge is 0.394 e. The molecule has 0 unspecified atom stereocenters. The van der Waals surface area contributed by atoms with E-state index in [2.05, 4.69) is 72.8 Å².